The smallest absolute Gasteiger partial charge is 0.358 e. The van der Waals surface area contributed by atoms with Crippen LogP contribution in [-0.4, -0.2) is 22.2 Å². The van der Waals surface area contributed by atoms with Gasteiger partial charge in [-0.25, -0.2) is 0 Å². The molecule has 14 heavy (non-hydrogen) atoms. The van der Waals surface area contributed by atoms with Gasteiger partial charge in [0.05, 0.1) is 7.11 Å². The van der Waals surface area contributed by atoms with Gasteiger partial charge in [-0.3, -0.25) is 4.28 Å². The van der Waals surface area contributed by atoms with Gasteiger partial charge in [-0.1, -0.05) is 5.16 Å². The minimum absolute atomic E-state index is 0.00528. The molecule has 0 aliphatic rings. The van der Waals surface area contributed by atoms with Crippen molar-refractivity contribution in [3.8, 4) is 5.75 Å². The minimum atomic E-state index is -3.82. The van der Waals surface area contributed by atoms with Crippen LogP contribution in [0, 0.1) is 0 Å². The third-order valence-corrected chi connectivity index (χ3v) is 2.65. The minimum Gasteiger partial charge on any atom is -0.497 e. The summed E-state index contributed by atoms with van der Waals surface area (Å²) in [5.74, 6) is 0.565. The van der Waals surface area contributed by atoms with Crippen molar-refractivity contribution in [3.63, 3.8) is 0 Å². The van der Waals surface area contributed by atoms with E-state index in [1.165, 1.54) is 31.4 Å². The maximum absolute atomic E-state index is 11.2. The molecule has 0 heterocycles. The van der Waals surface area contributed by atoms with Crippen LogP contribution in [0.3, 0.4) is 0 Å². The largest absolute Gasteiger partial charge is 0.497 e. The molecule has 0 fully saturated rings. The second-order valence-electron chi connectivity index (χ2n) is 2.33. The quantitative estimate of drug-likeness (QED) is 0.555. The van der Waals surface area contributed by atoms with Crippen molar-refractivity contribution >= 4 is 16.8 Å². The number of nitrogens with zero attached hydrogens (tertiary/aromatic N) is 1. The topological polar surface area (TPSA) is 65.0 Å². The molecule has 1 aromatic rings. The molecule has 0 amide bonds. The summed E-state index contributed by atoms with van der Waals surface area (Å²) in [5.41, 5.74) is 0. The average molecular weight is 215 g/mol. The standard InChI is InChI=1S/C8H9NO4S/c1-9-13-14(10,11)8-5-3-7(12-2)4-6-8/h3-6H,1H2,2H3. The molecule has 1 aromatic carbocycles. The monoisotopic (exact) mass is 215 g/mol. The third-order valence-electron chi connectivity index (χ3n) is 1.50. The molecule has 0 aromatic heterocycles. The van der Waals surface area contributed by atoms with E-state index in [0.29, 0.717) is 5.75 Å². The van der Waals surface area contributed by atoms with Crippen LogP contribution in [0.25, 0.3) is 0 Å². The molecule has 0 atom stereocenters. The molecule has 0 bridgehead atoms. The summed E-state index contributed by atoms with van der Waals surface area (Å²) in [6.45, 7) is 2.93. The molecular weight excluding hydrogens is 206 g/mol. The second kappa shape index (κ2) is 4.10. The van der Waals surface area contributed by atoms with E-state index in [-0.39, 0.29) is 4.90 Å². The first-order valence-electron chi connectivity index (χ1n) is 3.64. The lowest BCUT2D eigenvalue weighted by Crippen LogP contribution is -2.01. The van der Waals surface area contributed by atoms with Crippen LogP contribution in [0.15, 0.2) is 34.3 Å². The van der Waals surface area contributed by atoms with Crippen molar-refractivity contribution < 1.29 is 17.4 Å². The zero-order valence-corrected chi connectivity index (χ0v) is 8.32. The first kappa shape index (κ1) is 10.5. The van der Waals surface area contributed by atoms with Crippen molar-refractivity contribution in [2.45, 2.75) is 4.90 Å². The van der Waals surface area contributed by atoms with Crippen LogP contribution in [0.1, 0.15) is 0 Å². The number of hydrogen-bond acceptors (Lipinski definition) is 5. The number of ether oxygens (including phenoxy) is 1. The molecule has 0 saturated heterocycles. The van der Waals surface area contributed by atoms with Gasteiger partial charge >= 0.3 is 10.1 Å². The van der Waals surface area contributed by atoms with Crippen LogP contribution in [0.2, 0.25) is 0 Å². The highest BCUT2D eigenvalue weighted by Crippen LogP contribution is 2.17. The number of benzene rings is 1. The molecule has 5 nitrogen and oxygen atoms in total. The highest BCUT2D eigenvalue weighted by Gasteiger charge is 2.14. The van der Waals surface area contributed by atoms with Crippen molar-refractivity contribution in [3.05, 3.63) is 24.3 Å². The molecule has 6 heteroatoms. The Morgan fingerprint density at radius 1 is 1.29 bits per heavy atom. The molecular formula is C8H9NO4S. The van der Waals surface area contributed by atoms with Crippen molar-refractivity contribution in [1.29, 1.82) is 0 Å². The first-order chi connectivity index (χ1) is 6.60. The second-order valence-corrected chi connectivity index (χ2v) is 3.86. The van der Waals surface area contributed by atoms with Crippen LogP contribution in [0.5, 0.6) is 5.75 Å². The fourth-order valence-electron chi connectivity index (χ4n) is 0.855. The van der Waals surface area contributed by atoms with E-state index in [1.54, 1.807) is 0 Å². The lowest BCUT2D eigenvalue weighted by molar-refractivity contribution is 0.342. The Hall–Kier alpha value is -1.56. The summed E-state index contributed by atoms with van der Waals surface area (Å²) in [5, 5.41) is 2.86. The fraction of sp³-hybridized carbons (Fsp3) is 0.125. The Morgan fingerprint density at radius 3 is 2.29 bits per heavy atom. The lowest BCUT2D eigenvalue weighted by Gasteiger charge is -2.02. The van der Waals surface area contributed by atoms with E-state index >= 15 is 0 Å². The lowest BCUT2D eigenvalue weighted by atomic mass is 10.3. The van der Waals surface area contributed by atoms with E-state index in [4.69, 9.17) is 4.74 Å². The number of oxime groups is 1. The third kappa shape index (κ3) is 2.23. The molecule has 0 aliphatic carbocycles. The van der Waals surface area contributed by atoms with Gasteiger partial charge in [0.1, 0.15) is 10.6 Å². The van der Waals surface area contributed by atoms with Gasteiger partial charge in [0, 0.05) is 6.72 Å². The molecule has 76 valence electrons. The van der Waals surface area contributed by atoms with E-state index in [9.17, 15) is 8.42 Å². The van der Waals surface area contributed by atoms with Crippen LogP contribution >= 0.6 is 0 Å². The van der Waals surface area contributed by atoms with Crippen molar-refractivity contribution in [2.24, 2.45) is 5.16 Å². The molecule has 0 unspecified atom stereocenters. The molecule has 0 aliphatic heterocycles. The normalized spacial score (nSPS) is 10.6. The number of methoxy groups -OCH3 is 1. The van der Waals surface area contributed by atoms with Crippen molar-refractivity contribution in [2.75, 3.05) is 7.11 Å². The van der Waals surface area contributed by atoms with Gasteiger partial charge in [0.15, 0.2) is 0 Å². The summed E-state index contributed by atoms with van der Waals surface area (Å²) in [6, 6.07) is 5.75. The van der Waals surface area contributed by atoms with Gasteiger partial charge in [-0.15, -0.1) is 0 Å². The molecule has 0 saturated carbocycles. The van der Waals surface area contributed by atoms with Gasteiger partial charge in [0.2, 0.25) is 0 Å². The number of rotatable bonds is 4. The highest BCUT2D eigenvalue weighted by atomic mass is 32.2. The first-order valence-corrected chi connectivity index (χ1v) is 5.04. The summed E-state index contributed by atoms with van der Waals surface area (Å²) in [6.07, 6.45) is 0. The van der Waals surface area contributed by atoms with Gasteiger partial charge < -0.3 is 4.74 Å². The summed E-state index contributed by atoms with van der Waals surface area (Å²) in [4.78, 5) is 0.00528. The maximum atomic E-state index is 11.2. The van der Waals surface area contributed by atoms with Crippen LogP contribution in [0.4, 0.5) is 0 Å². The Kier molecular flexibility index (Phi) is 3.08. The molecule has 1 rings (SSSR count). The summed E-state index contributed by atoms with van der Waals surface area (Å²) in [7, 11) is -2.33. The Morgan fingerprint density at radius 2 is 1.86 bits per heavy atom. The van der Waals surface area contributed by atoms with E-state index < -0.39 is 10.1 Å². The zero-order chi connectivity index (χ0) is 10.6. The average Bonchev–Trinajstić information content (AvgIpc) is 2.18. The predicted molar refractivity (Wildman–Crippen MR) is 50.8 cm³/mol. The van der Waals surface area contributed by atoms with E-state index in [0.717, 1.165) is 0 Å². The Balaban J connectivity index is 3.03. The van der Waals surface area contributed by atoms with Gasteiger partial charge in [0.25, 0.3) is 0 Å². The molecule has 0 N–H and O–H groups in total. The van der Waals surface area contributed by atoms with Crippen molar-refractivity contribution in [1.82, 2.24) is 0 Å². The van der Waals surface area contributed by atoms with Crippen LogP contribution in [-0.2, 0) is 14.4 Å². The van der Waals surface area contributed by atoms with E-state index in [1.807, 2.05) is 0 Å². The van der Waals surface area contributed by atoms with Gasteiger partial charge in [-0.05, 0) is 24.3 Å². The zero-order valence-electron chi connectivity index (χ0n) is 7.50. The summed E-state index contributed by atoms with van der Waals surface area (Å²) < 4.78 is 31.5. The highest BCUT2D eigenvalue weighted by molar-refractivity contribution is 7.86. The Labute approximate surface area is 82.1 Å². The fourth-order valence-corrected chi connectivity index (χ4v) is 1.55. The maximum Gasteiger partial charge on any atom is 0.358 e. The SMILES string of the molecule is C=NOS(=O)(=O)c1ccc(OC)cc1. The number of hydrogen-bond donors (Lipinski definition) is 0. The van der Waals surface area contributed by atoms with E-state index in [2.05, 4.69) is 16.2 Å². The summed E-state index contributed by atoms with van der Waals surface area (Å²) >= 11 is 0. The predicted octanol–water partition coefficient (Wildman–Crippen LogP) is 1.02. The Bertz CT molecular complexity index is 409. The van der Waals surface area contributed by atoms with Gasteiger partial charge in [-0.2, -0.15) is 8.42 Å². The molecule has 0 radical (unpaired) electrons. The van der Waals surface area contributed by atoms with Crippen LogP contribution < -0.4 is 4.74 Å². The molecule has 0 spiro atoms.